The van der Waals surface area contributed by atoms with E-state index >= 15 is 0 Å². The smallest absolute Gasteiger partial charge is 0.0365 e. The van der Waals surface area contributed by atoms with E-state index in [0.717, 1.165) is 17.8 Å². The van der Waals surface area contributed by atoms with Crippen LogP contribution >= 0.6 is 0 Å². The summed E-state index contributed by atoms with van der Waals surface area (Å²) in [4.78, 5) is 0. The number of hydrogen-bond donors (Lipinski definition) is 0. The van der Waals surface area contributed by atoms with Gasteiger partial charge in [0.25, 0.3) is 0 Å². The molecule has 0 amide bonds. The van der Waals surface area contributed by atoms with E-state index in [9.17, 15) is 0 Å². The van der Waals surface area contributed by atoms with Gasteiger partial charge in [-0.25, -0.2) is 0 Å². The highest BCUT2D eigenvalue weighted by Gasteiger charge is 2.21. The highest BCUT2D eigenvalue weighted by atomic mass is 14.3. The Labute approximate surface area is 105 Å². The van der Waals surface area contributed by atoms with E-state index < -0.39 is 0 Å². The van der Waals surface area contributed by atoms with Crippen LogP contribution in [0.1, 0.15) is 87.0 Å². The second-order valence-corrected chi connectivity index (χ2v) is 5.01. The SMILES string of the molecule is CC.CCCCC(CCC)C(CC)C(C)C. The van der Waals surface area contributed by atoms with Crippen molar-refractivity contribution in [3.63, 3.8) is 0 Å². The van der Waals surface area contributed by atoms with Crippen molar-refractivity contribution in [3.8, 4) is 0 Å². The maximum absolute atomic E-state index is 2.39. The topological polar surface area (TPSA) is 0 Å². The molecule has 0 radical (unpaired) electrons. The molecule has 0 saturated heterocycles. The molecule has 0 aliphatic heterocycles. The van der Waals surface area contributed by atoms with Crippen molar-refractivity contribution in [2.75, 3.05) is 0 Å². The molecule has 16 heavy (non-hydrogen) atoms. The Kier molecular flexibility index (Phi) is 15.0. The summed E-state index contributed by atoms with van der Waals surface area (Å²) in [6.07, 6.45) is 8.41. The van der Waals surface area contributed by atoms with Gasteiger partial charge in [0.1, 0.15) is 0 Å². The Morgan fingerprint density at radius 1 is 0.812 bits per heavy atom. The molecule has 2 atom stereocenters. The van der Waals surface area contributed by atoms with Crippen LogP contribution in [0.25, 0.3) is 0 Å². The van der Waals surface area contributed by atoms with Gasteiger partial charge in [0.15, 0.2) is 0 Å². The highest BCUT2D eigenvalue weighted by molar-refractivity contribution is 4.71. The normalized spacial score (nSPS) is 14.2. The van der Waals surface area contributed by atoms with Gasteiger partial charge in [-0.2, -0.15) is 0 Å². The van der Waals surface area contributed by atoms with Gasteiger partial charge in [-0.1, -0.05) is 87.0 Å². The molecule has 0 aliphatic carbocycles. The average Bonchev–Trinajstić information content (AvgIpc) is 2.29. The van der Waals surface area contributed by atoms with Gasteiger partial charge in [0.2, 0.25) is 0 Å². The lowest BCUT2D eigenvalue weighted by Gasteiger charge is -2.29. The number of rotatable bonds is 8. The van der Waals surface area contributed by atoms with E-state index in [1.165, 1.54) is 38.5 Å². The van der Waals surface area contributed by atoms with Crippen LogP contribution in [0.2, 0.25) is 0 Å². The molecule has 0 aromatic carbocycles. The molecule has 0 aromatic heterocycles. The standard InChI is InChI=1S/C14H30.C2H6/c1-6-9-11-13(10-7-2)14(8-3)12(4)5;1-2/h12-14H,6-11H2,1-5H3;1-2H3. The fraction of sp³-hybridized carbons (Fsp3) is 1.00. The van der Waals surface area contributed by atoms with E-state index in [1.807, 2.05) is 13.8 Å². The number of hydrogen-bond acceptors (Lipinski definition) is 0. The third-order valence-corrected chi connectivity index (χ3v) is 3.52. The predicted octanol–water partition coefficient (Wildman–Crippen LogP) is 6.30. The zero-order valence-corrected chi connectivity index (χ0v) is 13.0. The Hall–Kier alpha value is 0. The van der Waals surface area contributed by atoms with E-state index in [-0.39, 0.29) is 0 Å². The van der Waals surface area contributed by atoms with Crippen LogP contribution in [-0.2, 0) is 0 Å². The summed E-state index contributed by atoms with van der Waals surface area (Å²) in [6.45, 7) is 15.8. The van der Waals surface area contributed by atoms with Crippen LogP contribution in [0.3, 0.4) is 0 Å². The third kappa shape index (κ3) is 8.19. The Bertz CT molecular complexity index is 115. The first-order valence-corrected chi connectivity index (χ1v) is 7.67. The van der Waals surface area contributed by atoms with Gasteiger partial charge >= 0.3 is 0 Å². The summed E-state index contributed by atoms with van der Waals surface area (Å²) in [5.41, 5.74) is 0. The van der Waals surface area contributed by atoms with E-state index in [0.29, 0.717) is 0 Å². The molecule has 0 rings (SSSR count). The van der Waals surface area contributed by atoms with Gasteiger partial charge in [-0.3, -0.25) is 0 Å². The van der Waals surface area contributed by atoms with E-state index in [1.54, 1.807) is 0 Å². The van der Waals surface area contributed by atoms with Crippen LogP contribution < -0.4 is 0 Å². The summed E-state index contributed by atoms with van der Waals surface area (Å²) in [7, 11) is 0. The minimum Gasteiger partial charge on any atom is -0.0683 e. The van der Waals surface area contributed by atoms with Gasteiger partial charge in [0.05, 0.1) is 0 Å². The second-order valence-electron chi connectivity index (χ2n) is 5.01. The monoisotopic (exact) mass is 228 g/mol. The number of unbranched alkanes of at least 4 members (excludes halogenated alkanes) is 1. The van der Waals surface area contributed by atoms with Gasteiger partial charge in [0, 0.05) is 0 Å². The fourth-order valence-corrected chi connectivity index (χ4v) is 2.76. The molecule has 100 valence electrons. The molecule has 0 N–H and O–H groups in total. The second kappa shape index (κ2) is 13.1. The van der Waals surface area contributed by atoms with Crippen molar-refractivity contribution in [2.24, 2.45) is 17.8 Å². The first kappa shape index (κ1) is 18.4. The van der Waals surface area contributed by atoms with E-state index in [4.69, 9.17) is 0 Å². The zero-order chi connectivity index (χ0) is 13.0. The quantitative estimate of drug-likeness (QED) is 0.457. The molecule has 0 bridgehead atoms. The Morgan fingerprint density at radius 3 is 1.69 bits per heavy atom. The molecule has 2 unspecified atom stereocenters. The lowest BCUT2D eigenvalue weighted by Crippen LogP contribution is -2.19. The molecule has 0 aromatic rings. The molecule has 0 aliphatic rings. The van der Waals surface area contributed by atoms with Gasteiger partial charge < -0.3 is 0 Å². The van der Waals surface area contributed by atoms with Gasteiger partial charge in [-0.05, 0) is 17.8 Å². The molecule has 0 nitrogen and oxygen atoms in total. The molecule has 0 saturated carbocycles. The van der Waals surface area contributed by atoms with Crippen LogP contribution in [-0.4, -0.2) is 0 Å². The Balaban J connectivity index is 0. The first-order chi connectivity index (χ1) is 7.67. The van der Waals surface area contributed by atoms with Crippen molar-refractivity contribution in [2.45, 2.75) is 87.0 Å². The third-order valence-electron chi connectivity index (χ3n) is 3.52. The summed E-state index contributed by atoms with van der Waals surface area (Å²) in [6, 6.07) is 0. The van der Waals surface area contributed by atoms with Crippen molar-refractivity contribution in [3.05, 3.63) is 0 Å². The summed E-state index contributed by atoms with van der Waals surface area (Å²) >= 11 is 0. The molecule has 0 spiro atoms. The molecular weight excluding hydrogens is 192 g/mol. The van der Waals surface area contributed by atoms with Crippen molar-refractivity contribution in [1.82, 2.24) is 0 Å². The summed E-state index contributed by atoms with van der Waals surface area (Å²) in [5, 5.41) is 0. The lowest BCUT2D eigenvalue weighted by atomic mass is 9.77. The lowest BCUT2D eigenvalue weighted by molar-refractivity contribution is 0.214. The van der Waals surface area contributed by atoms with Crippen molar-refractivity contribution in [1.29, 1.82) is 0 Å². The maximum atomic E-state index is 2.39. The molecule has 0 fully saturated rings. The summed E-state index contributed by atoms with van der Waals surface area (Å²) < 4.78 is 0. The zero-order valence-electron chi connectivity index (χ0n) is 13.0. The van der Waals surface area contributed by atoms with Crippen LogP contribution in [0.5, 0.6) is 0 Å². The Morgan fingerprint density at radius 2 is 1.38 bits per heavy atom. The summed E-state index contributed by atoms with van der Waals surface area (Å²) in [5.74, 6) is 2.82. The van der Waals surface area contributed by atoms with Crippen LogP contribution in [0, 0.1) is 17.8 Å². The van der Waals surface area contributed by atoms with Crippen molar-refractivity contribution < 1.29 is 0 Å². The predicted molar refractivity (Wildman–Crippen MR) is 77.9 cm³/mol. The maximum Gasteiger partial charge on any atom is -0.0365 e. The average molecular weight is 228 g/mol. The first-order valence-electron chi connectivity index (χ1n) is 7.67. The van der Waals surface area contributed by atoms with Crippen LogP contribution in [0.4, 0.5) is 0 Å². The van der Waals surface area contributed by atoms with E-state index in [2.05, 4.69) is 34.6 Å². The highest BCUT2D eigenvalue weighted by Crippen LogP contribution is 2.31. The largest absolute Gasteiger partial charge is 0.0683 e. The molecule has 0 heterocycles. The van der Waals surface area contributed by atoms with Crippen LogP contribution in [0.15, 0.2) is 0 Å². The molecular formula is C16H36. The van der Waals surface area contributed by atoms with Gasteiger partial charge in [-0.15, -0.1) is 0 Å². The minimum absolute atomic E-state index is 0.869. The minimum atomic E-state index is 0.869. The van der Waals surface area contributed by atoms with Crippen molar-refractivity contribution >= 4 is 0 Å². The molecule has 0 heteroatoms. The fourth-order valence-electron chi connectivity index (χ4n) is 2.76.